The fraction of sp³-hybridized carbons (Fsp3) is 0.370. The quantitative estimate of drug-likeness (QED) is 0.456. The number of benzene rings is 2. The lowest BCUT2D eigenvalue weighted by Gasteiger charge is -2.35. The number of piperazine rings is 1. The van der Waals surface area contributed by atoms with E-state index in [1.54, 1.807) is 7.11 Å². The Balaban J connectivity index is 1.44. The number of aliphatic carboxylic acids is 1. The number of hydrogen-bond acceptors (Lipinski definition) is 6. The predicted octanol–water partition coefficient (Wildman–Crippen LogP) is 3.14. The molecule has 10 heteroatoms. The van der Waals surface area contributed by atoms with Gasteiger partial charge in [0, 0.05) is 43.0 Å². The normalized spacial score (nSPS) is 15.3. The summed E-state index contributed by atoms with van der Waals surface area (Å²) in [6.07, 6.45) is 0.864. The van der Waals surface area contributed by atoms with E-state index >= 15 is 0 Å². The maximum atomic E-state index is 12.4. The van der Waals surface area contributed by atoms with E-state index in [2.05, 4.69) is 28.4 Å². The highest BCUT2D eigenvalue weighted by atomic mass is 32.2. The molecule has 9 nitrogen and oxygen atoms in total. The highest BCUT2D eigenvalue weighted by molar-refractivity contribution is 7.87. The van der Waals surface area contributed by atoms with Crippen LogP contribution in [0.2, 0.25) is 0 Å². The van der Waals surface area contributed by atoms with Crippen LogP contribution >= 0.6 is 0 Å². The van der Waals surface area contributed by atoms with Crippen LogP contribution in [0.3, 0.4) is 0 Å². The molecule has 1 aliphatic heterocycles. The number of ether oxygens (including phenoxy) is 1. The number of carboxylic acids is 1. The average Bonchev–Trinajstić information content (AvgIpc) is 3.22. The number of fused-ring (bicyclic) bond motifs is 1. The fourth-order valence-corrected chi connectivity index (χ4v) is 5.74. The maximum Gasteiger partial charge on any atom is 0.321 e. The topological polar surface area (TPSA) is 112 Å². The van der Waals surface area contributed by atoms with Crippen molar-refractivity contribution in [3.05, 3.63) is 58.8 Å². The number of nitrogens with one attached hydrogen (secondary N) is 1. The summed E-state index contributed by atoms with van der Waals surface area (Å²) < 4.78 is 40.0. The number of anilines is 1. The summed E-state index contributed by atoms with van der Waals surface area (Å²) in [5.74, 6) is 6.53. The summed E-state index contributed by atoms with van der Waals surface area (Å²) >= 11 is 0. The summed E-state index contributed by atoms with van der Waals surface area (Å²) in [5, 5.41) is 9.93. The van der Waals surface area contributed by atoms with Gasteiger partial charge in [0.25, 0.3) is 10.2 Å². The fourth-order valence-electron chi connectivity index (χ4n) is 4.40. The molecule has 1 saturated heterocycles. The summed E-state index contributed by atoms with van der Waals surface area (Å²) in [6.45, 7) is 6.88. The molecule has 2 aromatic carbocycles. The van der Waals surface area contributed by atoms with Crippen molar-refractivity contribution in [3.63, 3.8) is 0 Å². The predicted molar refractivity (Wildman–Crippen MR) is 142 cm³/mol. The van der Waals surface area contributed by atoms with Gasteiger partial charge in [0.05, 0.1) is 12.5 Å². The molecule has 37 heavy (non-hydrogen) atoms. The van der Waals surface area contributed by atoms with Crippen molar-refractivity contribution in [3.8, 4) is 17.6 Å². The van der Waals surface area contributed by atoms with Gasteiger partial charge in [0.15, 0.2) is 5.76 Å². The maximum absolute atomic E-state index is 12.4. The Labute approximate surface area is 217 Å². The van der Waals surface area contributed by atoms with Gasteiger partial charge in [0.2, 0.25) is 0 Å². The van der Waals surface area contributed by atoms with Crippen LogP contribution in [0.15, 0.2) is 40.8 Å². The molecule has 3 aromatic rings. The first-order chi connectivity index (χ1) is 17.6. The standard InChI is InChI=1S/C27H31N3O6S/c1-5-21-9-13-24-25(26(21)35-4)18(2)23(36-24)12-8-20-6-10-22(11-7-20)29-14-16-30(17-15-29)37(33,34)28-19(3)27(31)32/h6-7,9-11,13,19,28H,5,14-17H2,1-4H3,(H,31,32)/t19-/m1/s1. The average molecular weight is 526 g/mol. The van der Waals surface area contributed by atoms with Gasteiger partial charge >= 0.3 is 5.97 Å². The first-order valence-electron chi connectivity index (χ1n) is 12.1. The van der Waals surface area contributed by atoms with Gasteiger partial charge in [-0.05, 0) is 62.1 Å². The van der Waals surface area contributed by atoms with Gasteiger partial charge in [0.1, 0.15) is 17.4 Å². The van der Waals surface area contributed by atoms with Crippen molar-refractivity contribution in [1.29, 1.82) is 0 Å². The molecule has 2 N–H and O–H groups in total. The second-order valence-electron chi connectivity index (χ2n) is 8.91. The molecule has 0 bridgehead atoms. The van der Waals surface area contributed by atoms with Crippen LogP contribution in [0.4, 0.5) is 5.69 Å². The zero-order valence-corrected chi connectivity index (χ0v) is 22.2. The SMILES string of the molecule is CCc1ccc2oc(C#Cc3ccc(N4CCN(S(=O)(=O)N[C@H](C)C(=O)O)CC4)cc3)c(C)c2c1OC. The van der Waals surface area contributed by atoms with Crippen LogP contribution < -0.4 is 14.4 Å². The Morgan fingerprint density at radius 1 is 1.14 bits per heavy atom. The highest BCUT2D eigenvalue weighted by Crippen LogP contribution is 2.36. The van der Waals surface area contributed by atoms with E-state index in [1.807, 2.05) is 43.3 Å². The van der Waals surface area contributed by atoms with E-state index in [0.29, 0.717) is 18.8 Å². The third kappa shape index (κ3) is 5.59. The summed E-state index contributed by atoms with van der Waals surface area (Å²) in [7, 11) is -2.19. The molecule has 0 aliphatic carbocycles. The number of hydrogen-bond donors (Lipinski definition) is 2. The molecule has 0 saturated carbocycles. The van der Waals surface area contributed by atoms with Gasteiger partial charge in [-0.2, -0.15) is 17.4 Å². The molecule has 0 radical (unpaired) electrons. The molecular weight excluding hydrogens is 494 g/mol. The Kier molecular flexibility index (Phi) is 7.78. The number of rotatable bonds is 7. The molecule has 0 amide bonds. The highest BCUT2D eigenvalue weighted by Gasteiger charge is 2.29. The van der Waals surface area contributed by atoms with Crippen molar-refractivity contribution in [2.75, 3.05) is 38.2 Å². The lowest BCUT2D eigenvalue weighted by atomic mass is 10.0. The number of furan rings is 1. The zero-order chi connectivity index (χ0) is 26.7. The van der Waals surface area contributed by atoms with Crippen molar-refractivity contribution in [2.45, 2.75) is 33.2 Å². The first kappa shape index (κ1) is 26.5. The van der Waals surface area contributed by atoms with E-state index in [9.17, 15) is 13.2 Å². The number of aryl methyl sites for hydroxylation is 2. The van der Waals surface area contributed by atoms with Crippen molar-refractivity contribution < 1.29 is 27.5 Å². The van der Waals surface area contributed by atoms with Gasteiger partial charge in [-0.3, -0.25) is 4.79 Å². The minimum absolute atomic E-state index is 0.262. The molecule has 4 rings (SSSR count). The monoisotopic (exact) mass is 525 g/mol. The Morgan fingerprint density at radius 2 is 1.81 bits per heavy atom. The van der Waals surface area contributed by atoms with Crippen molar-refractivity contribution >= 4 is 32.8 Å². The molecule has 1 fully saturated rings. The minimum Gasteiger partial charge on any atom is -0.496 e. The van der Waals surface area contributed by atoms with Crippen LogP contribution in [0.25, 0.3) is 11.0 Å². The van der Waals surface area contributed by atoms with Gasteiger partial charge in [-0.1, -0.05) is 18.9 Å². The van der Waals surface area contributed by atoms with E-state index in [0.717, 1.165) is 45.5 Å². The number of nitrogens with zero attached hydrogens (tertiary/aromatic N) is 2. The minimum atomic E-state index is -3.85. The van der Waals surface area contributed by atoms with E-state index in [1.165, 1.54) is 11.2 Å². The zero-order valence-electron chi connectivity index (χ0n) is 21.4. The van der Waals surface area contributed by atoms with Gasteiger partial charge in [-0.15, -0.1) is 0 Å². The van der Waals surface area contributed by atoms with Crippen LogP contribution in [0, 0.1) is 18.8 Å². The number of carbonyl (C=O) groups is 1. The summed E-state index contributed by atoms with van der Waals surface area (Å²) in [5.41, 5.74) is 4.62. The molecule has 0 unspecified atom stereocenters. The summed E-state index contributed by atoms with van der Waals surface area (Å²) in [6, 6.07) is 10.6. The second-order valence-corrected chi connectivity index (χ2v) is 10.6. The largest absolute Gasteiger partial charge is 0.496 e. The Bertz CT molecular complexity index is 1460. The molecule has 1 atom stereocenters. The third-order valence-corrected chi connectivity index (χ3v) is 8.24. The van der Waals surface area contributed by atoms with E-state index < -0.39 is 22.2 Å². The van der Waals surface area contributed by atoms with Gasteiger partial charge < -0.3 is 19.2 Å². The Hall–Kier alpha value is -3.52. The molecule has 196 valence electrons. The van der Waals surface area contributed by atoms with E-state index in [-0.39, 0.29) is 13.1 Å². The smallest absolute Gasteiger partial charge is 0.321 e. The van der Waals surface area contributed by atoms with Crippen molar-refractivity contribution in [1.82, 2.24) is 9.03 Å². The molecular formula is C27H31N3O6S. The molecule has 2 heterocycles. The van der Waals surface area contributed by atoms with E-state index in [4.69, 9.17) is 14.3 Å². The molecule has 1 aliphatic rings. The number of carboxylic acid groups (broad SMARTS) is 1. The van der Waals surface area contributed by atoms with Crippen molar-refractivity contribution in [2.24, 2.45) is 0 Å². The first-order valence-corrected chi connectivity index (χ1v) is 13.5. The lowest BCUT2D eigenvalue weighted by Crippen LogP contribution is -2.54. The summed E-state index contributed by atoms with van der Waals surface area (Å²) in [4.78, 5) is 13.1. The Morgan fingerprint density at radius 3 is 2.41 bits per heavy atom. The lowest BCUT2D eigenvalue weighted by molar-refractivity contribution is -0.138. The van der Waals surface area contributed by atoms with Crippen LogP contribution in [0.5, 0.6) is 5.75 Å². The molecule has 1 aromatic heterocycles. The number of methoxy groups -OCH3 is 1. The van der Waals surface area contributed by atoms with Crippen LogP contribution in [0.1, 0.15) is 36.3 Å². The van der Waals surface area contributed by atoms with Gasteiger partial charge in [-0.25, -0.2) is 0 Å². The molecule has 0 spiro atoms. The second kappa shape index (κ2) is 10.8. The van der Waals surface area contributed by atoms with Crippen LogP contribution in [-0.2, 0) is 21.4 Å². The third-order valence-electron chi connectivity index (χ3n) is 6.54. The van der Waals surface area contributed by atoms with Crippen LogP contribution in [-0.4, -0.2) is 63.1 Å².